The molecule has 0 saturated heterocycles. The van der Waals surface area contributed by atoms with Crippen LogP contribution in [-0.2, 0) is 21.4 Å². The minimum Gasteiger partial charge on any atom is -0.281 e. The Kier molecular flexibility index (Phi) is 5.75. The summed E-state index contributed by atoms with van der Waals surface area (Å²) in [5.41, 5.74) is 1.39. The Balaban J connectivity index is 1.96. The van der Waals surface area contributed by atoms with Crippen LogP contribution in [0.1, 0.15) is 5.69 Å². The zero-order valence-electron chi connectivity index (χ0n) is 14.7. The lowest BCUT2D eigenvalue weighted by Crippen LogP contribution is -2.40. The lowest BCUT2D eigenvalue weighted by atomic mass is 10.3. The maximum atomic E-state index is 12.9. The number of thiazole rings is 1. The third-order valence-electron chi connectivity index (χ3n) is 3.84. The molecule has 0 aliphatic carbocycles. The van der Waals surface area contributed by atoms with Crippen molar-refractivity contribution in [3.8, 4) is 0 Å². The van der Waals surface area contributed by atoms with Gasteiger partial charge < -0.3 is 0 Å². The summed E-state index contributed by atoms with van der Waals surface area (Å²) in [6.07, 6.45) is 2.70. The lowest BCUT2D eigenvalue weighted by molar-refractivity contribution is -0.118. The van der Waals surface area contributed by atoms with Gasteiger partial charge in [-0.2, -0.15) is 4.31 Å². The zero-order chi connectivity index (χ0) is 19.6. The van der Waals surface area contributed by atoms with Gasteiger partial charge in [-0.15, -0.1) is 0 Å². The van der Waals surface area contributed by atoms with E-state index in [1.165, 1.54) is 23.3 Å². The molecule has 3 aromatic rings. The molecule has 2 heterocycles. The minimum atomic E-state index is -3.48. The summed E-state index contributed by atoms with van der Waals surface area (Å²) in [5.74, 6) is -0.390. The number of sulfonamides is 1. The van der Waals surface area contributed by atoms with Crippen LogP contribution in [0.15, 0.2) is 42.6 Å². The van der Waals surface area contributed by atoms with Crippen molar-refractivity contribution in [3.05, 3.63) is 53.3 Å². The number of carbonyl (C=O) groups excluding carboxylic acids is 1. The minimum absolute atomic E-state index is 0.185. The molecule has 3 rings (SSSR count). The van der Waals surface area contributed by atoms with Gasteiger partial charge in [-0.05, 0) is 30.3 Å². The van der Waals surface area contributed by atoms with Gasteiger partial charge >= 0.3 is 0 Å². The molecule has 0 bridgehead atoms. The fourth-order valence-corrected chi connectivity index (χ4v) is 3.91. The summed E-state index contributed by atoms with van der Waals surface area (Å²) in [5, 5.41) is 1.04. The molecule has 10 heteroatoms. The number of carbonyl (C=O) groups is 1. The number of rotatable bonds is 6. The SMILES string of the molecule is CN(CC(=O)N(Cc1ccccn1)c1nc2ccc(Cl)cc2s1)S(C)(=O)=O. The Morgan fingerprint density at radius 2 is 2.04 bits per heavy atom. The molecule has 142 valence electrons. The maximum absolute atomic E-state index is 12.9. The van der Waals surface area contributed by atoms with Crippen molar-refractivity contribution in [2.24, 2.45) is 0 Å². The van der Waals surface area contributed by atoms with E-state index in [1.54, 1.807) is 36.5 Å². The van der Waals surface area contributed by atoms with Gasteiger partial charge in [0.1, 0.15) is 0 Å². The van der Waals surface area contributed by atoms with E-state index < -0.39 is 15.9 Å². The van der Waals surface area contributed by atoms with Crippen LogP contribution in [0, 0.1) is 0 Å². The maximum Gasteiger partial charge on any atom is 0.244 e. The second-order valence-electron chi connectivity index (χ2n) is 5.93. The van der Waals surface area contributed by atoms with Gasteiger partial charge in [0.05, 0.1) is 35.3 Å². The average Bonchev–Trinajstić information content (AvgIpc) is 3.02. The first kappa shape index (κ1) is 19.7. The summed E-state index contributed by atoms with van der Waals surface area (Å²) in [4.78, 5) is 23.1. The molecule has 0 radical (unpaired) electrons. The molecule has 0 saturated carbocycles. The number of pyridine rings is 1. The van der Waals surface area contributed by atoms with E-state index in [0.29, 0.717) is 15.8 Å². The largest absolute Gasteiger partial charge is 0.281 e. The summed E-state index contributed by atoms with van der Waals surface area (Å²) < 4.78 is 25.2. The van der Waals surface area contributed by atoms with E-state index in [2.05, 4.69) is 9.97 Å². The highest BCUT2D eigenvalue weighted by atomic mass is 35.5. The van der Waals surface area contributed by atoms with Gasteiger partial charge in [-0.25, -0.2) is 13.4 Å². The van der Waals surface area contributed by atoms with Crippen LogP contribution in [0.5, 0.6) is 0 Å². The second kappa shape index (κ2) is 7.89. The van der Waals surface area contributed by atoms with Crippen LogP contribution in [0.2, 0.25) is 5.02 Å². The molecule has 0 unspecified atom stereocenters. The molecule has 2 aromatic heterocycles. The molecule has 0 spiro atoms. The monoisotopic (exact) mass is 424 g/mol. The highest BCUT2D eigenvalue weighted by Gasteiger charge is 2.24. The van der Waals surface area contributed by atoms with Crippen molar-refractivity contribution in [3.63, 3.8) is 0 Å². The Morgan fingerprint density at radius 1 is 1.26 bits per heavy atom. The number of nitrogens with zero attached hydrogens (tertiary/aromatic N) is 4. The van der Waals surface area contributed by atoms with Crippen molar-refractivity contribution in [1.29, 1.82) is 0 Å². The van der Waals surface area contributed by atoms with E-state index in [-0.39, 0.29) is 13.1 Å². The number of benzene rings is 1. The first-order chi connectivity index (χ1) is 12.7. The van der Waals surface area contributed by atoms with Crippen LogP contribution in [0.3, 0.4) is 0 Å². The van der Waals surface area contributed by atoms with Crippen LogP contribution < -0.4 is 4.90 Å². The molecular weight excluding hydrogens is 408 g/mol. The molecule has 0 N–H and O–H groups in total. The highest BCUT2D eigenvalue weighted by Crippen LogP contribution is 2.31. The predicted molar refractivity (Wildman–Crippen MR) is 108 cm³/mol. The van der Waals surface area contributed by atoms with Gasteiger partial charge in [0.25, 0.3) is 0 Å². The van der Waals surface area contributed by atoms with Crippen LogP contribution in [-0.4, -0.2) is 48.4 Å². The summed E-state index contributed by atoms with van der Waals surface area (Å²) >= 11 is 7.35. The van der Waals surface area contributed by atoms with E-state index in [1.807, 2.05) is 6.07 Å². The Bertz CT molecular complexity index is 1070. The normalized spacial score (nSPS) is 11.9. The van der Waals surface area contributed by atoms with Crippen LogP contribution in [0.4, 0.5) is 5.13 Å². The van der Waals surface area contributed by atoms with Crippen LogP contribution in [0.25, 0.3) is 10.2 Å². The van der Waals surface area contributed by atoms with E-state index in [4.69, 9.17) is 11.6 Å². The van der Waals surface area contributed by atoms with Crippen molar-refractivity contribution in [2.75, 3.05) is 24.7 Å². The number of aromatic nitrogens is 2. The third-order valence-corrected chi connectivity index (χ3v) is 6.38. The summed E-state index contributed by atoms with van der Waals surface area (Å²) in [7, 11) is -2.12. The van der Waals surface area contributed by atoms with E-state index >= 15 is 0 Å². The first-order valence-electron chi connectivity index (χ1n) is 7.92. The van der Waals surface area contributed by atoms with Crippen molar-refractivity contribution >= 4 is 54.2 Å². The predicted octanol–water partition coefficient (Wildman–Crippen LogP) is 2.77. The van der Waals surface area contributed by atoms with Gasteiger partial charge in [0.2, 0.25) is 15.9 Å². The molecule has 0 fully saturated rings. The van der Waals surface area contributed by atoms with Gasteiger partial charge in [0.15, 0.2) is 5.13 Å². The number of hydrogen-bond donors (Lipinski definition) is 0. The molecule has 0 atom stereocenters. The fourth-order valence-electron chi connectivity index (χ4n) is 2.31. The number of hydrogen-bond acceptors (Lipinski definition) is 6. The fraction of sp³-hybridized carbons (Fsp3) is 0.235. The number of halogens is 1. The average molecular weight is 425 g/mol. The Morgan fingerprint density at radius 3 is 2.70 bits per heavy atom. The van der Waals surface area contributed by atoms with E-state index in [0.717, 1.165) is 20.8 Å². The molecule has 0 aliphatic rings. The Labute approximate surface area is 166 Å². The summed E-state index contributed by atoms with van der Waals surface area (Å²) in [6, 6.07) is 10.7. The van der Waals surface area contributed by atoms with E-state index in [9.17, 15) is 13.2 Å². The smallest absolute Gasteiger partial charge is 0.244 e. The standard InChI is InChI=1S/C17H17ClN4O3S2/c1-21(27(2,24)25)11-16(23)22(10-13-5-3-4-8-19-13)17-20-14-7-6-12(18)9-15(14)26-17/h3-9H,10-11H2,1-2H3. The van der Waals surface area contributed by atoms with Gasteiger partial charge in [0, 0.05) is 18.3 Å². The topological polar surface area (TPSA) is 83.5 Å². The third kappa shape index (κ3) is 4.81. The lowest BCUT2D eigenvalue weighted by Gasteiger charge is -2.22. The second-order valence-corrected chi connectivity index (χ2v) is 9.46. The van der Waals surface area contributed by atoms with Gasteiger partial charge in [-0.1, -0.05) is 29.0 Å². The van der Waals surface area contributed by atoms with Gasteiger partial charge in [-0.3, -0.25) is 14.7 Å². The van der Waals surface area contributed by atoms with Crippen molar-refractivity contribution in [1.82, 2.24) is 14.3 Å². The number of fused-ring (bicyclic) bond motifs is 1. The van der Waals surface area contributed by atoms with Crippen LogP contribution >= 0.6 is 22.9 Å². The highest BCUT2D eigenvalue weighted by molar-refractivity contribution is 7.88. The Hall–Kier alpha value is -2.07. The number of amides is 1. The van der Waals surface area contributed by atoms with Crippen molar-refractivity contribution < 1.29 is 13.2 Å². The molecule has 1 amide bonds. The molecular formula is C17H17ClN4O3S2. The molecule has 27 heavy (non-hydrogen) atoms. The molecule has 0 aliphatic heterocycles. The molecule has 7 nitrogen and oxygen atoms in total. The zero-order valence-corrected chi connectivity index (χ0v) is 17.1. The number of likely N-dealkylation sites (N-methyl/N-ethyl adjacent to an activating group) is 1. The summed E-state index contributed by atoms with van der Waals surface area (Å²) in [6.45, 7) is -0.104. The first-order valence-corrected chi connectivity index (χ1v) is 11.0. The number of anilines is 1. The van der Waals surface area contributed by atoms with Crippen molar-refractivity contribution in [2.45, 2.75) is 6.54 Å². The molecule has 1 aromatic carbocycles. The quantitative estimate of drug-likeness (QED) is 0.607.